The first kappa shape index (κ1) is 17.5. The molecule has 6 nitrogen and oxygen atoms in total. The monoisotopic (exact) mass is 351 g/mol. The lowest BCUT2D eigenvalue weighted by Crippen LogP contribution is -2.23. The van der Waals surface area contributed by atoms with Gasteiger partial charge in [0.05, 0.1) is 19.9 Å². The first-order valence-corrected chi connectivity index (χ1v) is 8.22. The van der Waals surface area contributed by atoms with Crippen LogP contribution < -0.4 is 14.8 Å². The Bertz CT molecular complexity index is 901. The van der Waals surface area contributed by atoms with Gasteiger partial charge in [0, 0.05) is 12.1 Å². The summed E-state index contributed by atoms with van der Waals surface area (Å²) in [5.41, 5.74) is 4.21. The van der Waals surface area contributed by atoms with Gasteiger partial charge >= 0.3 is 0 Å². The van der Waals surface area contributed by atoms with E-state index in [2.05, 4.69) is 15.5 Å². The van der Waals surface area contributed by atoms with Crippen LogP contribution in [0.2, 0.25) is 0 Å². The molecule has 0 aliphatic rings. The average molecular weight is 351 g/mol. The number of H-pyrrole nitrogens is 1. The first-order valence-electron chi connectivity index (χ1n) is 8.22. The number of ether oxygens (including phenoxy) is 2. The molecule has 1 amide bonds. The van der Waals surface area contributed by atoms with Crippen LogP contribution in [0.15, 0.2) is 48.5 Å². The van der Waals surface area contributed by atoms with Gasteiger partial charge in [-0.15, -0.1) is 0 Å². The molecular weight excluding hydrogens is 330 g/mol. The summed E-state index contributed by atoms with van der Waals surface area (Å²) in [5, 5.41) is 9.88. The van der Waals surface area contributed by atoms with Crippen LogP contribution in [-0.2, 0) is 6.54 Å². The topological polar surface area (TPSA) is 76.2 Å². The molecule has 26 heavy (non-hydrogen) atoms. The number of rotatable bonds is 6. The maximum Gasteiger partial charge on any atom is 0.269 e. The van der Waals surface area contributed by atoms with Crippen molar-refractivity contribution in [2.24, 2.45) is 0 Å². The molecule has 1 heterocycles. The fourth-order valence-electron chi connectivity index (χ4n) is 2.58. The van der Waals surface area contributed by atoms with Gasteiger partial charge in [0.15, 0.2) is 11.5 Å². The summed E-state index contributed by atoms with van der Waals surface area (Å²) >= 11 is 0. The molecule has 0 aliphatic carbocycles. The summed E-state index contributed by atoms with van der Waals surface area (Å²) in [7, 11) is 3.17. The molecule has 3 aromatic rings. The molecule has 2 N–H and O–H groups in total. The fraction of sp³-hybridized carbons (Fsp3) is 0.200. The molecule has 0 atom stereocenters. The predicted octanol–water partition coefficient (Wildman–Crippen LogP) is 3.33. The van der Waals surface area contributed by atoms with Crippen LogP contribution in [0.5, 0.6) is 11.5 Å². The second-order valence-corrected chi connectivity index (χ2v) is 5.90. The maximum atomic E-state index is 12.4. The Hall–Kier alpha value is -3.28. The first-order chi connectivity index (χ1) is 12.6. The highest BCUT2D eigenvalue weighted by Gasteiger charge is 2.11. The number of methoxy groups -OCH3 is 2. The molecule has 0 radical (unpaired) electrons. The van der Waals surface area contributed by atoms with Crippen molar-refractivity contribution in [3.63, 3.8) is 0 Å². The molecule has 0 unspecified atom stereocenters. The molecule has 0 bridgehead atoms. The minimum absolute atomic E-state index is 0.217. The lowest BCUT2D eigenvalue weighted by Gasteiger charge is -2.10. The van der Waals surface area contributed by atoms with Gasteiger partial charge in [-0.05, 0) is 30.7 Å². The Morgan fingerprint density at radius 1 is 1.04 bits per heavy atom. The predicted molar refractivity (Wildman–Crippen MR) is 99.5 cm³/mol. The van der Waals surface area contributed by atoms with Crippen molar-refractivity contribution in [2.75, 3.05) is 14.2 Å². The van der Waals surface area contributed by atoms with E-state index in [1.165, 1.54) is 5.56 Å². The van der Waals surface area contributed by atoms with E-state index in [1.807, 2.05) is 49.4 Å². The molecular formula is C20H21N3O3. The van der Waals surface area contributed by atoms with Gasteiger partial charge in [-0.25, -0.2) is 0 Å². The summed E-state index contributed by atoms with van der Waals surface area (Å²) in [6, 6.07) is 15.3. The van der Waals surface area contributed by atoms with Gasteiger partial charge in [0.1, 0.15) is 5.69 Å². The number of benzene rings is 2. The number of nitrogens with one attached hydrogen (secondary N) is 2. The van der Waals surface area contributed by atoms with Gasteiger partial charge in [-0.1, -0.05) is 35.9 Å². The van der Waals surface area contributed by atoms with E-state index in [-0.39, 0.29) is 5.91 Å². The lowest BCUT2D eigenvalue weighted by atomic mass is 10.1. The van der Waals surface area contributed by atoms with Crippen molar-refractivity contribution < 1.29 is 14.3 Å². The van der Waals surface area contributed by atoms with E-state index < -0.39 is 0 Å². The van der Waals surface area contributed by atoms with Crippen LogP contribution in [-0.4, -0.2) is 30.3 Å². The molecule has 134 valence electrons. The molecule has 2 aromatic carbocycles. The number of hydrogen-bond donors (Lipinski definition) is 2. The summed E-state index contributed by atoms with van der Waals surface area (Å²) in [6.45, 7) is 2.40. The molecule has 0 saturated heterocycles. The second-order valence-electron chi connectivity index (χ2n) is 5.90. The number of aromatic nitrogens is 2. The van der Waals surface area contributed by atoms with Gasteiger partial charge in [-0.3, -0.25) is 9.89 Å². The molecule has 0 spiro atoms. The van der Waals surface area contributed by atoms with Gasteiger partial charge in [-0.2, -0.15) is 5.10 Å². The Morgan fingerprint density at radius 3 is 2.46 bits per heavy atom. The normalized spacial score (nSPS) is 10.4. The van der Waals surface area contributed by atoms with Crippen molar-refractivity contribution in [2.45, 2.75) is 13.5 Å². The third-order valence-electron chi connectivity index (χ3n) is 4.07. The van der Waals surface area contributed by atoms with Crippen molar-refractivity contribution in [1.29, 1.82) is 0 Å². The number of aromatic amines is 1. The maximum absolute atomic E-state index is 12.4. The molecule has 6 heteroatoms. The zero-order valence-corrected chi connectivity index (χ0v) is 15.0. The highest BCUT2D eigenvalue weighted by atomic mass is 16.5. The average Bonchev–Trinajstić information content (AvgIpc) is 3.16. The molecule has 0 saturated carbocycles. The van der Waals surface area contributed by atoms with Gasteiger partial charge in [0.2, 0.25) is 0 Å². The number of carbonyl (C=O) groups is 1. The summed E-state index contributed by atoms with van der Waals surface area (Å²) in [5.74, 6) is 1.06. The Labute approximate surface area is 152 Å². The quantitative estimate of drug-likeness (QED) is 0.714. The van der Waals surface area contributed by atoms with E-state index in [0.29, 0.717) is 23.7 Å². The minimum Gasteiger partial charge on any atom is -0.493 e. The van der Waals surface area contributed by atoms with E-state index in [4.69, 9.17) is 9.47 Å². The lowest BCUT2D eigenvalue weighted by molar-refractivity contribution is 0.0946. The number of hydrogen-bond acceptors (Lipinski definition) is 4. The van der Waals surface area contributed by atoms with E-state index in [1.54, 1.807) is 20.3 Å². The Kier molecular flexibility index (Phi) is 5.22. The van der Waals surface area contributed by atoms with Crippen LogP contribution in [0, 0.1) is 6.92 Å². The van der Waals surface area contributed by atoms with Crippen LogP contribution >= 0.6 is 0 Å². The van der Waals surface area contributed by atoms with E-state index in [9.17, 15) is 4.79 Å². The van der Waals surface area contributed by atoms with Crippen LogP contribution in [0.4, 0.5) is 0 Å². The van der Waals surface area contributed by atoms with Crippen LogP contribution in [0.1, 0.15) is 21.6 Å². The zero-order valence-electron chi connectivity index (χ0n) is 15.0. The smallest absolute Gasteiger partial charge is 0.269 e. The van der Waals surface area contributed by atoms with Crippen LogP contribution in [0.3, 0.4) is 0 Å². The van der Waals surface area contributed by atoms with E-state index in [0.717, 1.165) is 16.8 Å². The number of nitrogens with zero attached hydrogens (tertiary/aromatic N) is 1. The third kappa shape index (κ3) is 3.85. The molecule has 0 fully saturated rings. The minimum atomic E-state index is -0.217. The number of amides is 1. The highest BCUT2D eigenvalue weighted by Crippen LogP contribution is 2.27. The molecule has 3 rings (SSSR count). The Balaban J connectivity index is 1.66. The van der Waals surface area contributed by atoms with Crippen molar-refractivity contribution in [1.82, 2.24) is 15.5 Å². The summed E-state index contributed by atoms with van der Waals surface area (Å²) in [4.78, 5) is 12.4. The van der Waals surface area contributed by atoms with Gasteiger partial charge < -0.3 is 14.8 Å². The van der Waals surface area contributed by atoms with E-state index >= 15 is 0 Å². The summed E-state index contributed by atoms with van der Waals surface area (Å²) < 4.78 is 10.5. The number of carbonyl (C=O) groups excluding carboxylic acids is 1. The second kappa shape index (κ2) is 7.74. The standard InChI is InChI=1S/C20H21N3O3/c1-13-4-7-15(8-5-13)16-11-17(23-22-16)20(24)21-12-14-6-9-18(25-2)19(10-14)26-3/h4-11H,12H2,1-3H3,(H,21,24)(H,22,23). The van der Waals surface area contributed by atoms with Crippen LogP contribution in [0.25, 0.3) is 11.3 Å². The molecule has 0 aliphatic heterocycles. The van der Waals surface area contributed by atoms with Crippen molar-refractivity contribution >= 4 is 5.91 Å². The highest BCUT2D eigenvalue weighted by molar-refractivity contribution is 5.93. The summed E-state index contributed by atoms with van der Waals surface area (Å²) in [6.07, 6.45) is 0. The zero-order chi connectivity index (χ0) is 18.5. The fourth-order valence-corrected chi connectivity index (χ4v) is 2.58. The SMILES string of the molecule is COc1ccc(CNC(=O)c2cc(-c3ccc(C)cc3)n[nH]2)cc1OC. The molecule has 1 aromatic heterocycles. The number of aryl methyl sites for hydroxylation is 1. The van der Waals surface area contributed by atoms with Crippen molar-refractivity contribution in [3.05, 3.63) is 65.4 Å². The third-order valence-corrected chi connectivity index (χ3v) is 4.07. The largest absolute Gasteiger partial charge is 0.493 e. The van der Waals surface area contributed by atoms with Crippen molar-refractivity contribution in [3.8, 4) is 22.8 Å². The van der Waals surface area contributed by atoms with Gasteiger partial charge in [0.25, 0.3) is 5.91 Å². The Morgan fingerprint density at radius 2 is 1.77 bits per heavy atom.